The number of hydrogen-bond acceptors (Lipinski definition) is 5. The maximum absolute atomic E-state index is 11.8. The van der Waals surface area contributed by atoms with E-state index >= 15 is 0 Å². The molecule has 2 heterocycles. The predicted octanol–water partition coefficient (Wildman–Crippen LogP) is 1.25. The molecule has 1 aliphatic rings. The highest BCUT2D eigenvalue weighted by Crippen LogP contribution is 2.20. The van der Waals surface area contributed by atoms with Gasteiger partial charge in [0.2, 0.25) is 5.91 Å². The highest BCUT2D eigenvalue weighted by atomic mass is 35.5. The number of piperazine rings is 1. The number of nitrogens with two attached hydrogens (primary N) is 1. The summed E-state index contributed by atoms with van der Waals surface area (Å²) < 4.78 is 0. The second kappa shape index (κ2) is 6.92. The van der Waals surface area contributed by atoms with Gasteiger partial charge in [0.05, 0.1) is 6.04 Å². The monoisotopic (exact) mass is 290 g/mol. The summed E-state index contributed by atoms with van der Waals surface area (Å²) in [6.07, 6.45) is 3.72. The van der Waals surface area contributed by atoms with Crippen molar-refractivity contribution in [1.82, 2.24) is 15.2 Å². The number of thiazole rings is 1. The maximum Gasteiger partial charge on any atom is 0.237 e. The number of nitrogens with zero attached hydrogens (tertiary/aromatic N) is 2. The minimum Gasteiger partial charge on any atom is -0.375 e. The number of halogens is 1. The molecule has 3 N–H and O–H groups in total. The third kappa shape index (κ3) is 3.57. The molecule has 1 atom stereocenters. The van der Waals surface area contributed by atoms with Gasteiger partial charge >= 0.3 is 0 Å². The largest absolute Gasteiger partial charge is 0.375 e. The Kier molecular flexibility index (Phi) is 5.84. The van der Waals surface area contributed by atoms with Crippen LogP contribution < -0.4 is 11.1 Å². The summed E-state index contributed by atoms with van der Waals surface area (Å²) in [6.45, 7) is 4.50. The Bertz CT molecular complexity index is 398. The van der Waals surface area contributed by atoms with Gasteiger partial charge in [-0.25, -0.2) is 4.98 Å². The Labute approximate surface area is 117 Å². The van der Waals surface area contributed by atoms with Gasteiger partial charge in [-0.1, -0.05) is 13.3 Å². The summed E-state index contributed by atoms with van der Waals surface area (Å²) in [5.74, 6) is 0.149. The number of nitrogens with one attached hydrogen (secondary N) is 1. The fourth-order valence-electron chi connectivity index (χ4n) is 2.13. The van der Waals surface area contributed by atoms with E-state index in [1.165, 1.54) is 11.3 Å². The Balaban J connectivity index is 0.00000162. The average Bonchev–Trinajstić information content (AvgIpc) is 2.69. The van der Waals surface area contributed by atoms with E-state index in [4.69, 9.17) is 5.73 Å². The number of carbonyl (C=O) groups is 1. The molecule has 18 heavy (non-hydrogen) atoms. The highest BCUT2D eigenvalue weighted by molar-refractivity contribution is 7.15. The van der Waals surface area contributed by atoms with Crippen LogP contribution in [0.1, 0.15) is 24.6 Å². The fraction of sp³-hybridized carbons (Fsp3) is 0.636. The molecule has 1 fully saturated rings. The Morgan fingerprint density at radius 3 is 3.06 bits per heavy atom. The lowest BCUT2D eigenvalue weighted by Gasteiger charge is -2.34. The molecular formula is C11H19ClN4OS. The van der Waals surface area contributed by atoms with Crippen LogP contribution in [0, 0.1) is 0 Å². The second-order valence-electron chi connectivity index (χ2n) is 4.23. The minimum atomic E-state index is -0.00271. The lowest BCUT2D eigenvalue weighted by molar-refractivity contribution is -0.129. The first-order valence-corrected chi connectivity index (χ1v) is 6.74. The van der Waals surface area contributed by atoms with Crippen LogP contribution >= 0.6 is 23.7 Å². The highest BCUT2D eigenvalue weighted by Gasteiger charge is 2.28. The van der Waals surface area contributed by atoms with Crippen LogP contribution in [0.25, 0.3) is 0 Å². The summed E-state index contributed by atoms with van der Waals surface area (Å²) in [6, 6.07) is -0.00271. The fourth-order valence-corrected chi connectivity index (χ4v) is 2.84. The zero-order chi connectivity index (χ0) is 12.3. The molecule has 5 nitrogen and oxygen atoms in total. The van der Waals surface area contributed by atoms with Gasteiger partial charge < -0.3 is 11.1 Å². The quantitative estimate of drug-likeness (QED) is 0.875. The molecule has 7 heteroatoms. The topological polar surface area (TPSA) is 71.2 Å². The Morgan fingerprint density at radius 2 is 2.44 bits per heavy atom. The smallest absolute Gasteiger partial charge is 0.237 e. The number of anilines is 1. The van der Waals surface area contributed by atoms with E-state index in [0.29, 0.717) is 5.13 Å². The SMILES string of the molecule is CCCC1C(=O)NCCN1Cc1cnc(N)s1.Cl. The van der Waals surface area contributed by atoms with Crippen molar-refractivity contribution in [2.24, 2.45) is 0 Å². The van der Waals surface area contributed by atoms with Crippen molar-refractivity contribution in [3.05, 3.63) is 11.1 Å². The molecule has 1 aromatic heterocycles. The van der Waals surface area contributed by atoms with Crippen molar-refractivity contribution in [2.75, 3.05) is 18.8 Å². The van der Waals surface area contributed by atoms with E-state index in [-0.39, 0.29) is 24.4 Å². The van der Waals surface area contributed by atoms with Gasteiger partial charge in [-0.05, 0) is 6.42 Å². The molecule has 1 unspecified atom stereocenters. The lowest BCUT2D eigenvalue weighted by Crippen LogP contribution is -2.54. The van der Waals surface area contributed by atoms with Gasteiger partial charge in [-0.15, -0.1) is 23.7 Å². The number of rotatable bonds is 4. The normalized spacial score (nSPS) is 20.3. The molecular weight excluding hydrogens is 272 g/mol. The molecule has 0 aromatic carbocycles. The van der Waals surface area contributed by atoms with Crippen LogP contribution in [0.4, 0.5) is 5.13 Å². The molecule has 1 amide bonds. The average molecular weight is 291 g/mol. The zero-order valence-corrected chi connectivity index (χ0v) is 12.0. The number of aromatic nitrogens is 1. The first-order chi connectivity index (χ1) is 8.20. The molecule has 0 bridgehead atoms. The van der Waals surface area contributed by atoms with Crippen LogP contribution in [0.3, 0.4) is 0 Å². The van der Waals surface area contributed by atoms with Crippen molar-refractivity contribution in [3.63, 3.8) is 0 Å². The summed E-state index contributed by atoms with van der Waals surface area (Å²) in [7, 11) is 0. The standard InChI is InChI=1S/C11H18N4OS.ClH/c1-2-3-9-10(16)13-4-5-15(9)7-8-6-14-11(12)17-8;/h6,9H,2-5,7H2,1H3,(H2,12,14)(H,13,16);1H. The second-order valence-corrected chi connectivity index (χ2v) is 5.38. The van der Waals surface area contributed by atoms with Crippen LogP contribution in [0.15, 0.2) is 6.20 Å². The molecule has 102 valence electrons. The zero-order valence-electron chi connectivity index (χ0n) is 10.4. The van der Waals surface area contributed by atoms with Crippen LogP contribution in [-0.2, 0) is 11.3 Å². The van der Waals surface area contributed by atoms with Crippen LogP contribution in [0.5, 0.6) is 0 Å². The maximum atomic E-state index is 11.8. The van der Waals surface area contributed by atoms with Crippen LogP contribution in [-0.4, -0.2) is 34.9 Å². The van der Waals surface area contributed by atoms with Gasteiger partial charge in [0, 0.05) is 30.7 Å². The third-order valence-corrected chi connectivity index (χ3v) is 3.75. The third-order valence-electron chi connectivity index (χ3n) is 2.93. The van der Waals surface area contributed by atoms with Crippen molar-refractivity contribution in [2.45, 2.75) is 32.4 Å². The van der Waals surface area contributed by atoms with E-state index in [2.05, 4.69) is 22.1 Å². The van der Waals surface area contributed by atoms with Crippen molar-refractivity contribution in [1.29, 1.82) is 0 Å². The summed E-state index contributed by atoms with van der Waals surface area (Å²) in [5.41, 5.74) is 5.61. The summed E-state index contributed by atoms with van der Waals surface area (Å²) in [5, 5.41) is 3.51. The summed E-state index contributed by atoms with van der Waals surface area (Å²) in [4.78, 5) is 19.2. The first-order valence-electron chi connectivity index (χ1n) is 5.92. The van der Waals surface area contributed by atoms with Crippen molar-refractivity contribution >= 4 is 34.8 Å². The number of nitrogen functional groups attached to an aromatic ring is 1. The van der Waals surface area contributed by atoms with Crippen LogP contribution in [0.2, 0.25) is 0 Å². The van der Waals surface area contributed by atoms with Gasteiger partial charge in [0.1, 0.15) is 0 Å². The van der Waals surface area contributed by atoms with E-state index in [1.807, 2.05) is 0 Å². The molecule has 1 saturated heterocycles. The first kappa shape index (κ1) is 15.2. The Hall–Kier alpha value is -0.850. The Morgan fingerprint density at radius 1 is 1.67 bits per heavy atom. The molecule has 0 saturated carbocycles. The van der Waals surface area contributed by atoms with Gasteiger partial charge in [-0.3, -0.25) is 9.69 Å². The number of amides is 1. The van der Waals surface area contributed by atoms with Crippen molar-refractivity contribution < 1.29 is 4.79 Å². The van der Waals surface area contributed by atoms with Gasteiger partial charge in [0.25, 0.3) is 0 Å². The minimum absolute atomic E-state index is 0. The van der Waals surface area contributed by atoms with E-state index < -0.39 is 0 Å². The molecule has 0 radical (unpaired) electrons. The van der Waals surface area contributed by atoms with E-state index in [9.17, 15) is 4.79 Å². The number of hydrogen-bond donors (Lipinski definition) is 2. The molecule has 2 rings (SSSR count). The number of carbonyl (C=O) groups excluding carboxylic acids is 1. The molecule has 0 aliphatic carbocycles. The lowest BCUT2D eigenvalue weighted by atomic mass is 10.1. The summed E-state index contributed by atoms with van der Waals surface area (Å²) >= 11 is 1.50. The predicted molar refractivity (Wildman–Crippen MR) is 75.9 cm³/mol. The molecule has 0 spiro atoms. The van der Waals surface area contributed by atoms with Gasteiger partial charge in [-0.2, -0.15) is 0 Å². The van der Waals surface area contributed by atoms with Crippen molar-refractivity contribution in [3.8, 4) is 0 Å². The van der Waals surface area contributed by atoms with E-state index in [0.717, 1.165) is 37.4 Å². The van der Waals surface area contributed by atoms with E-state index in [1.54, 1.807) is 6.20 Å². The van der Waals surface area contributed by atoms with Gasteiger partial charge in [0.15, 0.2) is 5.13 Å². The molecule has 1 aromatic rings. The molecule has 1 aliphatic heterocycles.